The van der Waals surface area contributed by atoms with Gasteiger partial charge in [0, 0.05) is 5.92 Å². The predicted octanol–water partition coefficient (Wildman–Crippen LogP) is 2.34. The molecule has 0 aliphatic carbocycles. The topological polar surface area (TPSA) is 49.3 Å². The van der Waals surface area contributed by atoms with Crippen molar-refractivity contribution in [3.8, 4) is 11.5 Å². The summed E-state index contributed by atoms with van der Waals surface area (Å²) in [6.07, 6.45) is 0.0222. The second kappa shape index (κ2) is 5.09. The molecule has 0 radical (unpaired) electrons. The van der Waals surface area contributed by atoms with Crippen LogP contribution in [0.4, 0.5) is 0 Å². The summed E-state index contributed by atoms with van der Waals surface area (Å²) >= 11 is 0. The standard InChI is InChI=1S/C14H17NO4/c1-9-10(2)15-19-14(9)7-16-6-11-3-4-12-13(5-11)18-8-17-12/h3-5,9,14H,6-8H2,1-2H3. The highest BCUT2D eigenvalue weighted by molar-refractivity contribution is 5.85. The Morgan fingerprint density at radius 1 is 1.32 bits per heavy atom. The van der Waals surface area contributed by atoms with Crippen LogP contribution in [0.2, 0.25) is 0 Å². The highest BCUT2D eigenvalue weighted by Crippen LogP contribution is 2.32. The van der Waals surface area contributed by atoms with E-state index in [9.17, 15) is 0 Å². The van der Waals surface area contributed by atoms with Gasteiger partial charge in [-0.3, -0.25) is 0 Å². The van der Waals surface area contributed by atoms with Crippen molar-refractivity contribution in [2.75, 3.05) is 13.4 Å². The summed E-state index contributed by atoms with van der Waals surface area (Å²) in [7, 11) is 0. The van der Waals surface area contributed by atoms with Crippen LogP contribution < -0.4 is 9.47 Å². The summed E-state index contributed by atoms with van der Waals surface area (Å²) in [6, 6.07) is 5.83. The molecule has 1 aromatic carbocycles. The number of rotatable bonds is 4. The van der Waals surface area contributed by atoms with Gasteiger partial charge in [0.2, 0.25) is 6.79 Å². The van der Waals surface area contributed by atoms with Crippen LogP contribution in [0.15, 0.2) is 23.4 Å². The van der Waals surface area contributed by atoms with Crippen molar-refractivity contribution >= 4 is 5.71 Å². The minimum absolute atomic E-state index is 0.0222. The number of benzene rings is 1. The molecule has 19 heavy (non-hydrogen) atoms. The highest BCUT2D eigenvalue weighted by Gasteiger charge is 2.27. The second-order valence-electron chi connectivity index (χ2n) is 4.87. The normalized spacial score (nSPS) is 24.2. The molecule has 1 aromatic rings. The number of oxime groups is 1. The van der Waals surface area contributed by atoms with Crippen LogP contribution in [0.3, 0.4) is 0 Å². The number of ether oxygens (including phenoxy) is 3. The van der Waals surface area contributed by atoms with Gasteiger partial charge in [-0.25, -0.2) is 0 Å². The van der Waals surface area contributed by atoms with Crippen LogP contribution in [-0.4, -0.2) is 25.2 Å². The molecule has 5 heteroatoms. The molecular formula is C14H17NO4. The fourth-order valence-electron chi connectivity index (χ4n) is 2.09. The lowest BCUT2D eigenvalue weighted by Gasteiger charge is -2.14. The van der Waals surface area contributed by atoms with E-state index in [0.717, 1.165) is 22.8 Å². The summed E-state index contributed by atoms with van der Waals surface area (Å²) in [4.78, 5) is 5.31. The van der Waals surface area contributed by atoms with Gasteiger partial charge < -0.3 is 19.0 Å². The van der Waals surface area contributed by atoms with E-state index in [1.54, 1.807) is 0 Å². The molecule has 0 saturated carbocycles. The molecule has 0 N–H and O–H groups in total. The number of nitrogens with zero attached hydrogens (tertiary/aromatic N) is 1. The molecule has 2 atom stereocenters. The zero-order valence-electron chi connectivity index (χ0n) is 11.1. The summed E-state index contributed by atoms with van der Waals surface area (Å²) in [5.74, 6) is 1.89. The van der Waals surface area contributed by atoms with Gasteiger partial charge in [0.25, 0.3) is 0 Å². The minimum atomic E-state index is 0.0222. The highest BCUT2D eigenvalue weighted by atomic mass is 16.7. The lowest BCUT2D eigenvalue weighted by Crippen LogP contribution is -2.24. The third-order valence-electron chi connectivity index (χ3n) is 3.54. The molecule has 2 aliphatic rings. The maximum absolute atomic E-state index is 5.69. The van der Waals surface area contributed by atoms with E-state index in [1.807, 2.05) is 25.1 Å². The maximum Gasteiger partial charge on any atom is 0.231 e. The van der Waals surface area contributed by atoms with Gasteiger partial charge in [-0.05, 0) is 24.6 Å². The first-order valence-corrected chi connectivity index (χ1v) is 6.40. The zero-order valence-corrected chi connectivity index (χ0v) is 11.1. The maximum atomic E-state index is 5.69. The van der Waals surface area contributed by atoms with E-state index >= 15 is 0 Å². The third-order valence-corrected chi connectivity index (χ3v) is 3.54. The molecule has 2 heterocycles. The summed E-state index contributed by atoms with van der Waals surface area (Å²) in [5.41, 5.74) is 2.09. The Balaban J connectivity index is 1.50. The Labute approximate surface area is 112 Å². The Morgan fingerprint density at radius 2 is 2.16 bits per heavy atom. The molecule has 0 spiro atoms. The van der Waals surface area contributed by atoms with Gasteiger partial charge in [-0.2, -0.15) is 0 Å². The van der Waals surface area contributed by atoms with Gasteiger partial charge in [0.1, 0.15) is 0 Å². The van der Waals surface area contributed by atoms with Crippen LogP contribution >= 0.6 is 0 Å². The quantitative estimate of drug-likeness (QED) is 0.836. The molecule has 0 bridgehead atoms. The average molecular weight is 263 g/mol. The lowest BCUT2D eigenvalue weighted by atomic mass is 10.0. The number of hydrogen-bond donors (Lipinski definition) is 0. The Bertz CT molecular complexity index is 500. The molecule has 102 valence electrons. The largest absolute Gasteiger partial charge is 0.454 e. The van der Waals surface area contributed by atoms with Crippen molar-refractivity contribution in [1.29, 1.82) is 0 Å². The molecule has 0 saturated heterocycles. The second-order valence-corrected chi connectivity index (χ2v) is 4.87. The summed E-state index contributed by atoms with van der Waals surface area (Å²) < 4.78 is 16.3. The fraction of sp³-hybridized carbons (Fsp3) is 0.500. The molecular weight excluding hydrogens is 246 g/mol. The van der Waals surface area contributed by atoms with Gasteiger partial charge in [0.05, 0.1) is 18.9 Å². The van der Waals surface area contributed by atoms with Crippen molar-refractivity contribution < 1.29 is 19.0 Å². The van der Waals surface area contributed by atoms with E-state index in [2.05, 4.69) is 12.1 Å². The van der Waals surface area contributed by atoms with E-state index in [1.165, 1.54) is 0 Å². The van der Waals surface area contributed by atoms with Gasteiger partial charge >= 0.3 is 0 Å². The molecule has 3 rings (SSSR count). The number of fused-ring (bicyclic) bond motifs is 1. The smallest absolute Gasteiger partial charge is 0.231 e. The van der Waals surface area contributed by atoms with Crippen molar-refractivity contribution in [1.82, 2.24) is 0 Å². The van der Waals surface area contributed by atoms with E-state index in [4.69, 9.17) is 19.0 Å². The first-order chi connectivity index (χ1) is 9.24. The van der Waals surface area contributed by atoms with Crippen molar-refractivity contribution in [2.24, 2.45) is 11.1 Å². The fourth-order valence-corrected chi connectivity index (χ4v) is 2.09. The van der Waals surface area contributed by atoms with Crippen LogP contribution in [0.25, 0.3) is 0 Å². The van der Waals surface area contributed by atoms with Crippen molar-refractivity contribution in [3.63, 3.8) is 0 Å². The van der Waals surface area contributed by atoms with Gasteiger partial charge in [-0.1, -0.05) is 18.1 Å². The SMILES string of the molecule is CC1=NOC(COCc2ccc3c(c2)OCO3)C1C. The van der Waals surface area contributed by atoms with Crippen LogP contribution in [0.5, 0.6) is 11.5 Å². The molecule has 5 nitrogen and oxygen atoms in total. The average Bonchev–Trinajstić information content (AvgIpc) is 2.99. The van der Waals surface area contributed by atoms with E-state index in [0.29, 0.717) is 25.9 Å². The Morgan fingerprint density at radius 3 is 2.95 bits per heavy atom. The summed E-state index contributed by atoms with van der Waals surface area (Å²) in [5, 5.41) is 3.97. The van der Waals surface area contributed by atoms with Crippen LogP contribution in [0.1, 0.15) is 19.4 Å². The molecule has 2 unspecified atom stereocenters. The lowest BCUT2D eigenvalue weighted by molar-refractivity contribution is -0.0171. The Kier molecular flexibility index (Phi) is 3.29. The predicted molar refractivity (Wildman–Crippen MR) is 69.4 cm³/mol. The van der Waals surface area contributed by atoms with Crippen molar-refractivity contribution in [2.45, 2.75) is 26.6 Å². The summed E-state index contributed by atoms with van der Waals surface area (Å²) in [6.45, 7) is 5.44. The Hall–Kier alpha value is -1.75. The van der Waals surface area contributed by atoms with Crippen LogP contribution in [-0.2, 0) is 16.2 Å². The first kappa shape index (κ1) is 12.3. The van der Waals surface area contributed by atoms with E-state index in [-0.39, 0.29) is 6.10 Å². The molecule has 0 fully saturated rings. The van der Waals surface area contributed by atoms with Crippen LogP contribution in [0, 0.1) is 5.92 Å². The number of hydrogen-bond acceptors (Lipinski definition) is 5. The monoisotopic (exact) mass is 263 g/mol. The third kappa shape index (κ3) is 2.51. The molecule has 0 amide bonds. The first-order valence-electron chi connectivity index (χ1n) is 6.40. The zero-order chi connectivity index (χ0) is 13.2. The van der Waals surface area contributed by atoms with Gasteiger partial charge in [-0.15, -0.1) is 0 Å². The van der Waals surface area contributed by atoms with Gasteiger partial charge in [0.15, 0.2) is 17.6 Å². The van der Waals surface area contributed by atoms with Crippen molar-refractivity contribution in [3.05, 3.63) is 23.8 Å². The molecule has 2 aliphatic heterocycles. The van der Waals surface area contributed by atoms with E-state index < -0.39 is 0 Å². The minimum Gasteiger partial charge on any atom is -0.454 e. The molecule has 0 aromatic heterocycles.